The average Bonchev–Trinajstić information content (AvgIpc) is 2.92. The van der Waals surface area contributed by atoms with E-state index in [9.17, 15) is 0 Å². The van der Waals surface area contributed by atoms with Crippen molar-refractivity contribution >= 4 is 23.5 Å². The van der Waals surface area contributed by atoms with Gasteiger partial charge < -0.3 is 5.32 Å². The number of hydrogen-bond donors (Lipinski definition) is 1. The molecule has 3 nitrogen and oxygen atoms in total. The van der Waals surface area contributed by atoms with Gasteiger partial charge in [0.15, 0.2) is 0 Å². The summed E-state index contributed by atoms with van der Waals surface area (Å²) in [6.45, 7) is 6.45. The van der Waals surface area contributed by atoms with Gasteiger partial charge in [-0.25, -0.2) is 0 Å². The number of hydrogen-bond acceptors (Lipinski definition) is 4. The van der Waals surface area contributed by atoms with E-state index in [-0.39, 0.29) is 0 Å². The van der Waals surface area contributed by atoms with E-state index in [2.05, 4.69) is 54.0 Å². The van der Waals surface area contributed by atoms with Crippen LogP contribution < -0.4 is 5.32 Å². The van der Waals surface area contributed by atoms with Crippen molar-refractivity contribution in [2.45, 2.75) is 44.5 Å². The molecule has 1 aliphatic rings. The fourth-order valence-electron chi connectivity index (χ4n) is 2.34. The summed E-state index contributed by atoms with van der Waals surface area (Å²) in [4.78, 5) is 0. The van der Waals surface area contributed by atoms with Gasteiger partial charge in [-0.2, -0.15) is 28.6 Å². The van der Waals surface area contributed by atoms with Crippen molar-refractivity contribution in [3.05, 3.63) is 18.0 Å². The fraction of sp³-hybridized carbons (Fsp3) is 0.786. The lowest BCUT2D eigenvalue weighted by Crippen LogP contribution is -2.43. The molecule has 19 heavy (non-hydrogen) atoms. The summed E-state index contributed by atoms with van der Waals surface area (Å²) in [5, 5.41) is 8.88. The summed E-state index contributed by atoms with van der Waals surface area (Å²) < 4.78 is 2.02. The number of aromatic nitrogens is 2. The van der Waals surface area contributed by atoms with Crippen LogP contribution in [0.2, 0.25) is 0 Å². The minimum Gasteiger partial charge on any atom is -0.313 e. The van der Waals surface area contributed by atoms with E-state index in [0.717, 1.165) is 24.8 Å². The van der Waals surface area contributed by atoms with Crippen molar-refractivity contribution in [2.24, 2.45) is 0 Å². The van der Waals surface area contributed by atoms with Crippen LogP contribution >= 0.6 is 23.5 Å². The minimum atomic E-state index is 0.590. The zero-order chi connectivity index (χ0) is 13.5. The van der Waals surface area contributed by atoms with Gasteiger partial charge in [0.05, 0.1) is 6.20 Å². The first-order valence-electron chi connectivity index (χ1n) is 7.27. The smallest absolute Gasteiger partial charge is 0.0522 e. The number of nitrogens with zero attached hydrogens (tertiary/aromatic N) is 2. The van der Waals surface area contributed by atoms with E-state index in [4.69, 9.17) is 0 Å². The molecule has 0 aromatic carbocycles. The molecule has 1 fully saturated rings. The topological polar surface area (TPSA) is 29.9 Å². The van der Waals surface area contributed by atoms with E-state index in [0.29, 0.717) is 6.04 Å². The van der Waals surface area contributed by atoms with E-state index in [1.807, 2.05) is 10.9 Å². The Labute approximate surface area is 125 Å². The van der Waals surface area contributed by atoms with E-state index in [1.165, 1.54) is 29.2 Å². The predicted octanol–water partition coefficient (Wildman–Crippen LogP) is 2.66. The monoisotopic (exact) mass is 299 g/mol. The molecule has 0 radical (unpaired) electrons. The van der Waals surface area contributed by atoms with Crippen LogP contribution in [0, 0.1) is 0 Å². The number of nitrogens with one attached hydrogen (secondary N) is 1. The van der Waals surface area contributed by atoms with Gasteiger partial charge in [-0.3, -0.25) is 4.68 Å². The Kier molecular flexibility index (Phi) is 6.61. The second-order valence-electron chi connectivity index (χ2n) is 4.95. The third kappa shape index (κ3) is 4.72. The van der Waals surface area contributed by atoms with Crippen LogP contribution in [0.1, 0.15) is 25.8 Å². The summed E-state index contributed by atoms with van der Waals surface area (Å²) >= 11 is 4.25. The molecule has 1 aliphatic heterocycles. The largest absolute Gasteiger partial charge is 0.313 e. The summed E-state index contributed by atoms with van der Waals surface area (Å²) in [6.07, 6.45) is 6.54. The average molecular weight is 300 g/mol. The Morgan fingerprint density at radius 2 is 2.37 bits per heavy atom. The quantitative estimate of drug-likeness (QED) is 0.838. The number of thioether (sulfide) groups is 2. The molecule has 0 aliphatic carbocycles. The van der Waals surface area contributed by atoms with Crippen LogP contribution in [0.3, 0.4) is 0 Å². The van der Waals surface area contributed by atoms with Gasteiger partial charge in [0, 0.05) is 41.3 Å². The van der Waals surface area contributed by atoms with Crippen LogP contribution in [0.25, 0.3) is 0 Å². The molecule has 1 aromatic rings. The second-order valence-corrected chi connectivity index (χ2v) is 7.45. The van der Waals surface area contributed by atoms with Crippen molar-refractivity contribution in [3.63, 3.8) is 0 Å². The minimum absolute atomic E-state index is 0.590. The van der Waals surface area contributed by atoms with Gasteiger partial charge in [0.25, 0.3) is 0 Å². The molecular weight excluding hydrogens is 274 g/mol. The van der Waals surface area contributed by atoms with Crippen molar-refractivity contribution in [1.29, 1.82) is 0 Å². The zero-order valence-corrected chi connectivity index (χ0v) is 13.6. The fourth-order valence-corrected chi connectivity index (χ4v) is 5.23. The van der Waals surface area contributed by atoms with Crippen molar-refractivity contribution in [1.82, 2.24) is 15.1 Å². The zero-order valence-electron chi connectivity index (χ0n) is 12.0. The van der Waals surface area contributed by atoms with Gasteiger partial charge in [-0.05, 0) is 31.9 Å². The lowest BCUT2D eigenvalue weighted by molar-refractivity contribution is 0.505. The van der Waals surface area contributed by atoms with Crippen LogP contribution in [-0.4, -0.2) is 44.9 Å². The summed E-state index contributed by atoms with van der Waals surface area (Å²) in [7, 11) is 0. The summed E-state index contributed by atoms with van der Waals surface area (Å²) in [5.41, 5.74) is 1.37. The highest BCUT2D eigenvalue weighted by atomic mass is 32.2. The third-order valence-electron chi connectivity index (χ3n) is 3.41. The van der Waals surface area contributed by atoms with Crippen LogP contribution in [-0.2, 0) is 13.0 Å². The molecule has 108 valence electrons. The van der Waals surface area contributed by atoms with E-state index < -0.39 is 0 Å². The van der Waals surface area contributed by atoms with Crippen LogP contribution in [0.15, 0.2) is 12.4 Å². The maximum Gasteiger partial charge on any atom is 0.0522 e. The number of aryl methyl sites for hydroxylation is 1. The Morgan fingerprint density at radius 1 is 1.47 bits per heavy atom. The highest BCUT2D eigenvalue weighted by molar-refractivity contribution is 8.06. The molecular formula is C14H25N3S2. The molecule has 1 aromatic heterocycles. The third-order valence-corrected chi connectivity index (χ3v) is 6.33. The van der Waals surface area contributed by atoms with Crippen LogP contribution in [0.5, 0.6) is 0 Å². The molecule has 0 amide bonds. The Balaban J connectivity index is 1.95. The van der Waals surface area contributed by atoms with Gasteiger partial charge in [0.2, 0.25) is 0 Å². The molecule has 0 bridgehead atoms. The molecule has 0 spiro atoms. The van der Waals surface area contributed by atoms with E-state index >= 15 is 0 Å². The first kappa shape index (κ1) is 15.3. The highest BCUT2D eigenvalue weighted by Crippen LogP contribution is 2.27. The lowest BCUT2D eigenvalue weighted by Gasteiger charge is -2.30. The maximum atomic E-state index is 4.39. The Bertz CT molecular complexity index is 361. The Morgan fingerprint density at radius 3 is 3.00 bits per heavy atom. The van der Waals surface area contributed by atoms with Gasteiger partial charge in [0.1, 0.15) is 0 Å². The second kappa shape index (κ2) is 8.22. The lowest BCUT2D eigenvalue weighted by atomic mass is 10.1. The molecule has 2 atom stereocenters. The molecule has 2 rings (SSSR count). The normalized spacial score (nSPS) is 21.5. The van der Waals surface area contributed by atoms with Crippen molar-refractivity contribution in [2.75, 3.05) is 23.8 Å². The molecule has 0 saturated carbocycles. The van der Waals surface area contributed by atoms with Crippen molar-refractivity contribution in [3.8, 4) is 0 Å². The van der Waals surface area contributed by atoms with E-state index in [1.54, 1.807) is 0 Å². The van der Waals surface area contributed by atoms with Gasteiger partial charge in [-0.1, -0.05) is 6.92 Å². The van der Waals surface area contributed by atoms with Crippen molar-refractivity contribution < 1.29 is 0 Å². The molecule has 1 N–H and O–H groups in total. The first-order valence-corrected chi connectivity index (χ1v) is 9.47. The van der Waals surface area contributed by atoms with Crippen LogP contribution in [0.4, 0.5) is 0 Å². The molecule has 1 saturated heterocycles. The molecule has 5 heteroatoms. The predicted molar refractivity (Wildman–Crippen MR) is 87.3 cm³/mol. The first-order chi connectivity index (χ1) is 9.33. The Hall–Kier alpha value is -0.130. The molecule has 2 unspecified atom stereocenters. The maximum absolute atomic E-state index is 4.39. The van der Waals surface area contributed by atoms with Gasteiger partial charge >= 0.3 is 0 Å². The number of rotatable bonds is 7. The summed E-state index contributed by atoms with van der Waals surface area (Å²) in [6, 6.07) is 0.590. The standard InChI is InChI=1S/C14H25N3S2/c1-3-5-15-13(14-11-18-6-7-19-14)8-12-9-16-17(4-2)10-12/h9-10,13-15H,3-8,11H2,1-2H3. The van der Waals surface area contributed by atoms with Gasteiger partial charge in [-0.15, -0.1) is 0 Å². The highest BCUT2D eigenvalue weighted by Gasteiger charge is 2.24. The molecule has 2 heterocycles. The SMILES string of the molecule is CCCNC(Cc1cnn(CC)c1)C1CSCCS1. The summed E-state index contributed by atoms with van der Waals surface area (Å²) in [5.74, 6) is 3.90.